The van der Waals surface area contributed by atoms with Gasteiger partial charge in [-0.25, -0.2) is 4.39 Å². The Hall–Kier alpha value is -4.05. The highest BCUT2D eigenvalue weighted by atomic mass is 32.2. The molecule has 0 aliphatic carbocycles. The number of thioether (sulfide) groups is 1. The zero-order chi connectivity index (χ0) is 24.9. The van der Waals surface area contributed by atoms with E-state index >= 15 is 0 Å². The van der Waals surface area contributed by atoms with Gasteiger partial charge in [0.25, 0.3) is 11.6 Å². The number of benzene rings is 3. The quantitative estimate of drug-likeness (QED) is 0.208. The molecular formula is C25H22FN5O3S. The third-order valence-electron chi connectivity index (χ3n) is 5.35. The lowest BCUT2D eigenvalue weighted by molar-refractivity contribution is -0.385. The van der Waals surface area contributed by atoms with Crippen molar-refractivity contribution < 1.29 is 14.1 Å². The lowest BCUT2D eigenvalue weighted by Gasteiger charge is -2.12. The Balaban J connectivity index is 1.56. The molecule has 0 bridgehead atoms. The summed E-state index contributed by atoms with van der Waals surface area (Å²) in [7, 11) is 0. The van der Waals surface area contributed by atoms with E-state index in [2.05, 4.69) is 15.5 Å². The Kier molecular flexibility index (Phi) is 7.21. The molecule has 0 spiro atoms. The van der Waals surface area contributed by atoms with E-state index in [4.69, 9.17) is 0 Å². The first-order valence-corrected chi connectivity index (χ1v) is 11.7. The third kappa shape index (κ3) is 5.72. The van der Waals surface area contributed by atoms with E-state index < -0.39 is 10.8 Å². The molecule has 1 N–H and O–H groups in total. The molecule has 1 heterocycles. The third-order valence-corrected chi connectivity index (χ3v) is 6.35. The van der Waals surface area contributed by atoms with Gasteiger partial charge in [0.1, 0.15) is 5.82 Å². The first kappa shape index (κ1) is 24.1. The second kappa shape index (κ2) is 10.5. The van der Waals surface area contributed by atoms with Gasteiger partial charge in [0.05, 0.1) is 11.5 Å². The number of aryl methyl sites for hydroxylation is 2. The predicted molar refractivity (Wildman–Crippen MR) is 131 cm³/mol. The number of rotatable bonds is 8. The number of aromatic nitrogens is 3. The van der Waals surface area contributed by atoms with Gasteiger partial charge in [-0.15, -0.1) is 10.2 Å². The highest BCUT2D eigenvalue weighted by molar-refractivity contribution is 7.98. The van der Waals surface area contributed by atoms with Crippen molar-refractivity contribution in [1.82, 2.24) is 20.1 Å². The summed E-state index contributed by atoms with van der Waals surface area (Å²) in [5.41, 5.74) is 3.42. The van der Waals surface area contributed by atoms with Crippen LogP contribution in [-0.2, 0) is 12.3 Å². The minimum absolute atomic E-state index is 0.0679. The molecule has 4 rings (SSSR count). The first-order valence-electron chi connectivity index (χ1n) is 10.7. The summed E-state index contributed by atoms with van der Waals surface area (Å²) >= 11 is 1.44. The summed E-state index contributed by atoms with van der Waals surface area (Å²) in [5, 5.41) is 23.2. The van der Waals surface area contributed by atoms with Crippen molar-refractivity contribution in [2.75, 3.05) is 0 Å². The molecule has 1 amide bonds. The van der Waals surface area contributed by atoms with Gasteiger partial charge in [0.15, 0.2) is 11.0 Å². The van der Waals surface area contributed by atoms with E-state index in [0.717, 1.165) is 16.8 Å². The standard InChI is InChI=1S/C25H22FN5O3S/c1-16-3-11-21(12-4-16)30-23(28-29-25(30)35-15-18-6-9-20(26)10-7-18)14-27-24(32)19-8-5-17(2)22(13-19)31(33)34/h3-13H,14-15H2,1-2H3,(H,27,32). The molecule has 3 aromatic carbocycles. The largest absolute Gasteiger partial charge is 0.345 e. The van der Waals surface area contributed by atoms with Crippen molar-refractivity contribution in [3.63, 3.8) is 0 Å². The van der Waals surface area contributed by atoms with Gasteiger partial charge in [-0.2, -0.15) is 0 Å². The predicted octanol–water partition coefficient (Wildman–Crippen LogP) is 5.15. The number of nitrogens with zero attached hydrogens (tertiary/aromatic N) is 4. The molecule has 8 nitrogen and oxygen atoms in total. The summed E-state index contributed by atoms with van der Waals surface area (Å²) in [6.45, 7) is 3.68. The van der Waals surface area contributed by atoms with Crippen LogP contribution in [0.2, 0.25) is 0 Å². The van der Waals surface area contributed by atoms with Crippen molar-refractivity contribution in [1.29, 1.82) is 0 Å². The minimum atomic E-state index is -0.509. The van der Waals surface area contributed by atoms with E-state index in [1.807, 2.05) is 35.8 Å². The van der Waals surface area contributed by atoms with Gasteiger partial charge in [-0.1, -0.05) is 47.7 Å². The molecule has 0 saturated heterocycles. The van der Waals surface area contributed by atoms with Crippen LogP contribution in [0.5, 0.6) is 0 Å². The van der Waals surface area contributed by atoms with Crippen LogP contribution in [0.4, 0.5) is 10.1 Å². The molecule has 0 fully saturated rings. The van der Waals surface area contributed by atoms with Crippen LogP contribution in [0.25, 0.3) is 5.69 Å². The fourth-order valence-electron chi connectivity index (χ4n) is 3.40. The van der Waals surface area contributed by atoms with Crippen molar-refractivity contribution in [2.24, 2.45) is 0 Å². The molecule has 178 valence electrons. The van der Waals surface area contributed by atoms with Crippen LogP contribution in [0.1, 0.15) is 32.9 Å². The van der Waals surface area contributed by atoms with Crippen LogP contribution < -0.4 is 5.32 Å². The second-order valence-corrected chi connectivity index (χ2v) is 8.87. The molecule has 0 aliphatic rings. The molecule has 0 saturated carbocycles. The van der Waals surface area contributed by atoms with Gasteiger partial charge in [0.2, 0.25) is 0 Å². The number of hydrogen-bond acceptors (Lipinski definition) is 6. The Morgan fingerprint density at radius 3 is 2.46 bits per heavy atom. The fraction of sp³-hybridized carbons (Fsp3) is 0.160. The van der Waals surface area contributed by atoms with Crippen molar-refractivity contribution >= 4 is 23.4 Å². The second-order valence-electron chi connectivity index (χ2n) is 7.93. The number of carbonyl (C=O) groups excluding carboxylic acids is 1. The SMILES string of the molecule is Cc1ccc(-n2c(CNC(=O)c3ccc(C)c([N+](=O)[O-])c3)nnc2SCc2ccc(F)cc2)cc1. The molecule has 1 aromatic heterocycles. The topological polar surface area (TPSA) is 103 Å². The lowest BCUT2D eigenvalue weighted by atomic mass is 10.1. The Morgan fingerprint density at radius 1 is 1.06 bits per heavy atom. The maximum Gasteiger partial charge on any atom is 0.273 e. The average molecular weight is 492 g/mol. The monoisotopic (exact) mass is 491 g/mol. The molecule has 10 heteroatoms. The number of amides is 1. The van der Waals surface area contributed by atoms with Gasteiger partial charge >= 0.3 is 0 Å². The smallest absolute Gasteiger partial charge is 0.273 e. The van der Waals surface area contributed by atoms with Crippen molar-refractivity contribution in [3.8, 4) is 5.69 Å². The summed E-state index contributed by atoms with van der Waals surface area (Å²) in [4.78, 5) is 23.4. The van der Waals surface area contributed by atoms with Crippen molar-refractivity contribution in [2.45, 2.75) is 31.3 Å². The van der Waals surface area contributed by atoms with Gasteiger partial charge in [0, 0.05) is 28.6 Å². The van der Waals surface area contributed by atoms with Crippen LogP contribution in [0, 0.1) is 29.8 Å². The first-order chi connectivity index (χ1) is 16.8. The van der Waals surface area contributed by atoms with Crippen molar-refractivity contribution in [3.05, 3.63) is 111 Å². The minimum Gasteiger partial charge on any atom is -0.345 e. The van der Waals surface area contributed by atoms with Crippen LogP contribution >= 0.6 is 11.8 Å². The number of carbonyl (C=O) groups is 1. The zero-order valence-electron chi connectivity index (χ0n) is 19.1. The fourth-order valence-corrected chi connectivity index (χ4v) is 4.33. The number of nitro groups is 1. The number of halogens is 1. The molecule has 0 radical (unpaired) electrons. The normalized spacial score (nSPS) is 10.8. The van der Waals surface area contributed by atoms with Gasteiger partial charge in [-0.3, -0.25) is 19.5 Å². The summed E-state index contributed by atoms with van der Waals surface area (Å²) in [6.07, 6.45) is 0. The van der Waals surface area contributed by atoms with E-state index in [9.17, 15) is 19.3 Å². The highest BCUT2D eigenvalue weighted by Gasteiger charge is 2.18. The Morgan fingerprint density at radius 2 is 1.77 bits per heavy atom. The van der Waals surface area contributed by atoms with E-state index in [1.54, 1.807) is 31.2 Å². The number of hydrogen-bond donors (Lipinski definition) is 1. The van der Waals surface area contributed by atoms with Crippen LogP contribution in [0.3, 0.4) is 0 Å². The van der Waals surface area contributed by atoms with E-state index in [0.29, 0.717) is 22.3 Å². The summed E-state index contributed by atoms with van der Waals surface area (Å²) < 4.78 is 15.1. The maximum absolute atomic E-state index is 13.2. The Labute approximate surface area is 205 Å². The maximum atomic E-state index is 13.2. The van der Waals surface area contributed by atoms with Crippen LogP contribution in [-0.4, -0.2) is 25.6 Å². The average Bonchev–Trinajstić information content (AvgIpc) is 3.25. The highest BCUT2D eigenvalue weighted by Crippen LogP contribution is 2.26. The van der Waals surface area contributed by atoms with E-state index in [-0.39, 0.29) is 23.6 Å². The summed E-state index contributed by atoms with van der Waals surface area (Å²) in [6, 6.07) is 18.4. The molecule has 4 aromatic rings. The summed E-state index contributed by atoms with van der Waals surface area (Å²) in [5.74, 6) is 0.319. The molecule has 35 heavy (non-hydrogen) atoms. The number of nitrogens with one attached hydrogen (secondary N) is 1. The van der Waals surface area contributed by atoms with Crippen LogP contribution in [0.15, 0.2) is 71.9 Å². The van der Waals surface area contributed by atoms with Gasteiger partial charge < -0.3 is 5.32 Å². The zero-order valence-corrected chi connectivity index (χ0v) is 19.9. The number of nitro benzene ring substituents is 1. The lowest BCUT2D eigenvalue weighted by Crippen LogP contribution is -2.24. The van der Waals surface area contributed by atoms with Gasteiger partial charge in [-0.05, 0) is 49.7 Å². The Bertz CT molecular complexity index is 1370. The molecular weight excluding hydrogens is 469 g/mol. The van der Waals surface area contributed by atoms with E-state index in [1.165, 1.54) is 30.0 Å². The molecule has 0 unspecified atom stereocenters. The molecule has 0 aliphatic heterocycles. The molecule has 0 atom stereocenters.